The predicted molar refractivity (Wildman–Crippen MR) is 46.4 cm³/mol. The van der Waals surface area contributed by atoms with E-state index in [9.17, 15) is 5.11 Å². The van der Waals surface area contributed by atoms with Crippen molar-refractivity contribution in [2.24, 2.45) is 5.16 Å². The van der Waals surface area contributed by atoms with Gasteiger partial charge in [0.1, 0.15) is 0 Å². The molecule has 0 radical (unpaired) electrons. The normalized spacial score (nSPS) is 13.4. The van der Waals surface area contributed by atoms with Gasteiger partial charge in [0.25, 0.3) is 0 Å². The third kappa shape index (κ3) is 2.72. The Morgan fingerprint density at radius 2 is 2.00 bits per heavy atom. The fraction of sp³-hybridized carbons (Fsp3) is 0.222. The van der Waals surface area contributed by atoms with Crippen molar-refractivity contribution < 1.29 is 10.3 Å². The van der Waals surface area contributed by atoms with Crippen LogP contribution in [0.15, 0.2) is 35.5 Å². The molecule has 0 aliphatic carbocycles. The Hall–Kier alpha value is -1.35. The van der Waals surface area contributed by atoms with Gasteiger partial charge in [-0.15, -0.1) is 0 Å². The van der Waals surface area contributed by atoms with Gasteiger partial charge in [0.15, 0.2) is 0 Å². The van der Waals surface area contributed by atoms with Gasteiger partial charge in [-0.25, -0.2) is 0 Å². The molecule has 64 valence electrons. The van der Waals surface area contributed by atoms with Crippen molar-refractivity contribution in [3.8, 4) is 0 Å². The van der Waals surface area contributed by atoms with Crippen LogP contribution in [0.2, 0.25) is 0 Å². The smallest absolute Gasteiger partial charge is 0.0964 e. The Kier molecular flexibility index (Phi) is 3.29. The van der Waals surface area contributed by atoms with Gasteiger partial charge in [-0.1, -0.05) is 35.5 Å². The van der Waals surface area contributed by atoms with Gasteiger partial charge in [-0.2, -0.15) is 0 Å². The van der Waals surface area contributed by atoms with Crippen molar-refractivity contribution in [1.29, 1.82) is 0 Å². The molecule has 1 aromatic rings. The van der Waals surface area contributed by atoms with Crippen LogP contribution in [-0.4, -0.2) is 22.6 Å². The summed E-state index contributed by atoms with van der Waals surface area (Å²) in [6, 6.07) is 9.54. The minimum Gasteiger partial charge on any atom is -0.411 e. The monoisotopic (exact) mass is 165 g/mol. The second kappa shape index (κ2) is 4.51. The van der Waals surface area contributed by atoms with E-state index in [4.69, 9.17) is 5.21 Å². The standard InChI is InChI=1S/C9H11NO2/c11-9(7-10-12)6-8-4-2-1-3-5-8/h1-5,7,9,11-12H,6H2/b10-7+. The van der Waals surface area contributed by atoms with E-state index in [1.165, 1.54) is 0 Å². The van der Waals surface area contributed by atoms with Crippen molar-refractivity contribution in [2.75, 3.05) is 0 Å². The van der Waals surface area contributed by atoms with Gasteiger partial charge >= 0.3 is 0 Å². The maximum atomic E-state index is 9.19. The molecule has 0 aliphatic heterocycles. The fourth-order valence-corrected chi connectivity index (χ4v) is 0.985. The maximum absolute atomic E-state index is 9.19. The first-order valence-corrected chi connectivity index (χ1v) is 3.72. The third-order valence-corrected chi connectivity index (χ3v) is 1.53. The summed E-state index contributed by atoms with van der Waals surface area (Å²) >= 11 is 0. The molecule has 1 rings (SSSR count). The minimum atomic E-state index is -0.711. The summed E-state index contributed by atoms with van der Waals surface area (Å²) in [5.74, 6) is 0. The van der Waals surface area contributed by atoms with E-state index in [0.29, 0.717) is 6.42 Å². The molecule has 2 N–H and O–H groups in total. The third-order valence-electron chi connectivity index (χ3n) is 1.53. The van der Waals surface area contributed by atoms with Crippen LogP contribution in [0.3, 0.4) is 0 Å². The number of hydrogen-bond acceptors (Lipinski definition) is 3. The zero-order valence-electron chi connectivity index (χ0n) is 6.59. The molecule has 0 fully saturated rings. The first-order valence-electron chi connectivity index (χ1n) is 3.72. The van der Waals surface area contributed by atoms with Gasteiger partial charge in [0.2, 0.25) is 0 Å². The second-order valence-electron chi connectivity index (χ2n) is 2.52. The Balaban J connectivity index is 2.52. The number of nitrogens with zero attached hydrogens (tertiary/aromatic N) is 1. The summed E-state index contributed by atoms with van der Waals surface area (Å²) in [6.45, 7) is 0. The molecule has 1 aromatic carbocycles. The molecular weight excluding hydrogens is 154 g/mol. The fourth-order valence-electron chi connectivity index (χ4n) is 0.985. The largest absolute Gasteiger partial charge is 0.411 e. The van der Waals surface area contributed by atoms with Crippen LogP contribution >= 0.6 is 0 Å². The Morgan fingerprint density at radius 1 is 1.33 bits per heavy atom. The lowest BCUT2D eigenvalue weighted by atomic mass is 10.1. The molecule has 3 nitrogen and oxygen atoms in total. The number of hydrogen-bond donors (Lipinski definition) is 2. The number of aliphatic hydroxyl groups is 1. The lowest BCUT2D eigenvalue weighted by Gasteiger charge is -2.02. The number of rotatable bonds is 3. The summed E-state index contributed by atoms with van der Waals surface area (Å²) in [6.07, 6.45) is 0.871. The Labute approximate surface area is 71.0 Å². The van der Waals surface area contributed by atoms with E-state index in [1.54, 1.807) is 0 Å². The van der Waals surface area contributed by atoms with Crippen molar-refractivity contribution in [2.45, 2.75) is 12.5 Å². The lowest BCUT2D eigenvalue weighted by molar-refractivity contribution is 0.237. The molecule has 0 spiro atoms. The molecule has 0 saturated carbocycles. The predicted octanol–water partition coefficient (Wildman–Crippen LogP) is 1.05. The van der Waals surface area contributed by atoms with Crippen LogP contribution in [0, 0.1) is 0 Å². The number of aliphatic hydroxyl groups excluding tert-OH is 1. The van der Waals surface area contributed by atoms with Gasteiger partial charge < -0.3 is 10.3 Å². The molecule has 0 saturated heterocycles. The lowest BCUT2D eigenvalue weighted by Crippen LogP contribution is -2.11. The van der Waals surface area contributed by atoms with Gasteiger partial charge in [-0.3, -0.25) is 0 Å². The van der Waals surface area contributed by atoms with Crippen LogP contribution in [-0.2, 0) is 6.42 Å². The van der Waals surface area contributed by atoms with Crippen LogP contribution in [0.4, 0.5) is 0 Å². The minimum absolute atomic E-state index is 0.477. The van der Waals surface area contributed by atoms with Gasteiger partial charge in [0.05, 0.1) is 12.3 Å². The van der Waals surface area contributed by atoms with E-state index < -0.39 is 6.10 Å². The maximum Gasteiger partial charge on any atom is 0.0964 e. The van der Waals surface area contributed by atoms with Crippen molar-refractivity contribution in [3.05, 3.63) is 35.9 Å². The van der Waals surface area contributed by atoms with E-state index >= 15 is 0 Å². The first kappa shape index (κ1) is 8.74. The molecule has 12 heavy (non-hydrogen) atoms. The van der Waals surface area contributed by atoms with Crippen LogP contribution in [0.5, 0.6) is 0 Å². The van der Waals surface area contributed by atoms with Crippen molar-refractivity contribution >= 4 is 6.21 Å². The molecule has 0 aromatic heterocycles. The molecule has 0 amide bonds. The highest BCUT2D eigenvalue weighted by Gasteiger charge is 2.00. The first-order chi connectivity index (χ1) is 5.83. The molecule has 1 atom stereocenters. The van der Waals surface area contributed by atoms with Crippen LogP contribution in [0.25, 0.3) is 0 Å². The average molecular weight is 165 g/mol. The summed E-state index contributed by atoms with van der Waals surface area (Å²) in [4.78, 5) is 0. The zero-order valence-corrected chi connectivity index (χ0v) is 6.59. The number of benzene rings is 1. The quantitative estimate of drug-likeness (QED) is 0.399. The SMILES string of the molecule is O/N=C/C(O)Cc1ccccc1. The van der Waals surface area contributed by atoms with E-state index in [0.717, 1.165) is 11.8 Å². The molecule has 3 heteroatoms. The van der Waals surface area contributed by atoms with Crippen molar-refractivity contribution in [3.63, 3.8) is 0 Å². The average Bonchev–Trinajstić information content (AvgIpc) is 2.06. The highest BCUT2D eigenvalue weighted by molar-refractivity contribution is 5.62. The van der Waals surface area contributed by atoms with Crippen LogP contribution < -0.4 is 0 Å². The highest BCUT2D eigenvalue weighted by atomic mass is 16.4. The highest BCUT2D eigenvalue weighted by Crippen LogP contribution is 2.01. The Bertz CT molecular complexity index is 246. The topological polar surface area (TPSA) is 52.8 Å². The Morgan fingerprint density at radius 3 is 2.58 bits per heavy atom. The molecule has 0 heterocycles. The summed E-state index contributed by atoms with van der Waals surface area (Å²) in [7, 11) is 0. The second-order valence-corrected chi connectivity index (χ2v) is 2.52. The van der Waals surface area contributed by atoms with E-state index in [2.05, 4.69) is 5.16 Å². The molecular formula is C9H11NO2. The molecule has 0 aliphatic rings. The molecule has 1 unspecified atom stereocenters. The molecule has 0 bridgehead atoms. The van der Waals surface area contributed by atoms with E-state index in [1.807, 2.05) is 30.3 Å². The summed E-state index contributed by atoms with van der Waals surface area (Å²) in [5, 5.41) is 20.1. The summed E-state index contributed by atoms with van der Waals surface area (Å²) in [5.41, 5.74) is 1.02. The van der Waals surface area contributed by atoms with E-state index in [-0.39, 0.29) is 0 Å². The van der Waals surface area contributed by atoms with Crippen molar-refractivity contribution in [1.82, 2.24) is 0 Å². The summed E-state index contributed by atoms with van der Waals surface area (Å²) < 4.78 is 0. The number of oxime groups is 1. The van der Waals surface area contributed by atoms with Gasteiger partial charge in [-0.05, 0) is 5.56 Å². The van der Waals surface area contributed by atoms with Crippen LogP contribution in [0.1, 0.15) is 5.56 Å². The van der Waals surface area contributed by atoms with Gasteiger partial charge in [0, 0.05) is 6.42 Å². The zero-order chi connectivity index (χ0) is 8.81.